The molecular formula is C21H17FN6OS. The van der Waals surface area contributed by atoms with Crippen LogP contribution >= 0.6 is 11.8 Å². The van der Waals surface area contributed by atoms with Crippen LogP contribution < -0.4 is 16.0 Å². The van der Waals surface area contributed by atoms with Gasteiger partial charge in [-0.15, -0.1) is 11.8 Å². The van der Waals surface area contributed by atoms with Gasteiger partial charge < -0.3 is 16.0 Å². The Hall–Kier alpha value is -3.46. The molecule has 9 heteroatoms. The maximum absolute atomic E-state index is 14.3. The molecule has 2 aliphatic heterocycles. The van der Waals surface area contributed by atoms with Crippen molar-refractivity contribution in [2.75, 3.05) is 16.0 Å². The van der Waals surface area contributed by atoms with E-state index in [2.05, 4.69) is 30.9 Å². The van der Waals surface area contributed by atoms with E-state index >= 15 is 0 Å². The number of carbonyl (C=O) groups is 1. The summed E-state index contributed by atoms with van der Waals surface area (Å²) in [7, 11) is 0. The monoisotopic (exact) mass is 420 g/mol. The first kappa shape index (κ1) is 18.6. The van der Waals surface area contributed by atoms with Crippen LogP contribution in [0.1, 0.15) is 18.1 Å². The molecule has 2 aromatic carbocycles. The number of nitrogens with one attached hydrogen (secondary N) is 3. The minimum atomic E-state index is -0.577. The largest absolute Gasteiger partial charge is 0.338 e. The number of anilines is 5. The molecule has 150 valence electrons. The first-order valence-electron chi connectivity index (χ1n) is 9.36. The maximum Gasteiger partial charge on any atom is 0.237 e. The molecular weight excluding hydrogens is 403 g/mol. The Morgan fingerprint density at radius 1 is 1.17 bits per heavy atom. The number of rotatable bonds is 4. The second-order valence-corrected chi connectivity index (χ2v) is 8.37. The Balaban J connectivity index is 1.37. The van der Waals surface area contributed by atoms with E-state index in [1.165, 1.54) is 11.8 Å². The molecule has 3 heterocycles. The second-order valence-electron chi connectivity index (χ2n) is 6.98. The molecule has 0 saturated heterocycles. The van der Waals surface area contributed by atoms with E-state index in [4.69, 9.17) is 0 Å². The molecule has 2 aliphatic rings. The summed E-state index contributed by atoms with van der Waals surface area (Å²) in [4.78, 5) is 25.4. The summed E-state index contributed by atoms with van der Waals surface area (Å²) < 4.78 is 14.3. The number of benzene rings is 2. The van der Waals surface area contributed by atoms with Gasteiger partial charge in [0.25, 0.3) is 0 Å². The van der Waals surface area contributed by atoms with Gasteiger partial charge in [-0.05, 0) is 48.4 Å². The number of hydrogen-bond donors (Lipinski definition) is 3. The van der Waals surface area contributed by atoms with Crippen molar-refractivity contribution in [1.82, 2.24) is 9.97 Å². The maximum atomic E-state index is 14.3. The zero-order chi connectivity index (χ0) is 20.7. The number of amides is 1. The summed E-state index contributed by atoms with van der Waals surface area (Å²) in [5, 5.41) is 8.79. The Morgan fingerprint density at radius 3 is 2.90 bits per heavy atom. The van der Waals surface area contributed by atoms with Gasteiger partial charge in [-0.25, -0.2) is 9.37 Å². The number of thioether (sulfide) groups is 1. The molecule has 0 aliphatic carbocycles. The van der Waals surface area contributed by atoms with Gasteiger partial charge in [-0.2, -0.15) is 4.98 Å². The SMILES string of the molecule is CC1Sc2ccc(Nc3nc(Nc4ccc5c(c4)C=NC5)ncc3F)cc2NC1=O. The van der Waals surface area contributed by atoms with Crippen LogP contribution in [0.3, 0.4) is 0 Å². The highest BCUT2D eigenvalue weighted by molar-refractivity contribution is 8.00. The van der Waals surface area contributed by atoms with E-state index in [9.17, 15) is 9.18 Å². The summed E-state index contributed by atoms with van der Waals surface area (Å²) in [5.74, 6) is -0.321. The van der Waals surface area contributed by atoms with Crippen LogP contribution in [0.5, 0.6) is 0 Å². The van der Waals surface area contributed by atoms with E-state index < -0.39 is 5.82 Å². The lowest BCUT2D eigenvalue weighted by atomic mass is 10.1. The van der Waals surface area contributed by atoms with Crippen LogP contribution in [-0.2, 0) is 11.3 Å². The Morgan fingerprint density at radius 2 is 2.00 bits per heavy atom. The van der Waals surface area contributed by atoms with Crippen molar-refractivity contribution in [3.05, 3.63) is 59.5 Å². The highest BCUT2D eigenvalue weighted by Crippen LogP contribution is 2.37. The lowest BCUT2D eigenvalue weighted by Gasteiger charge is -2.22. The molecule has 3 N–H and O–H groups in total. The van der Waals surface area contributed by atoms with Gasteiger partial charge >= 0.3 is 0 Å². The fraction of sp³-hybridized carbons (Fsp3) is 0.143. The molecule has 1 aromatic heterocycles. The summed E-state index contributed by atoms with van der Waals surface area (Å²) in [5.41, 5.74) is 4.31. The lowest BCUT2D eigenvalue weighted by molar-refractivity contribution is -0.115. The second kappa shape index (κ2) is 7.42. The molecule has 30 heavy (non-hydrogen) atoms. The van der Waals surface area contributed by atoms with Gasteiger partial charge in [0.2, 0.25) is 11.9 Å². The third kappa shape index (κ3) is 3.59. The van der Waals surface area contributed by atoms with Crippen LogP contribution in [0.4, 0.5) is 33.2 Å². The molecule has 7 nitrogen and oxygen atoms in total. The summed E-state index contributed by atoms with van der Waals surface area (Å²) in [6, 6.07) is 11.3. The molecule has 1 amide bonds. The first-order valence-corrected chi connectivity index (χ1v) is 10.2. The quantitative estimate of drug-likeness (QED) is 0.577. The van der Waals surface area contributed by atoms with Crippen molar-refractivity contribution < 1.29 is 9.18 Å². The van der Waals surface area contributed by atoms with Crippen molar-refractivity contribution >= 4 is 52.7 Å². The molecule has 5 rings (SSSR count). The number of hydrogen-bond acceptors (Lipinski definition) is 7. The molecule has 0 radical (unpaired) electrons. The van der Waals surface area contributed by atoms with Gasteiger partial charge in [0.15, 0.2) is 11.6 Å². The fourth-order valence-corrected chi connectivity index (χ4v) is 4.18. The third-order valence-corrected chi connectivity index (χ3v) is 5.99. The number of aliphatic imine (C=N–C) groups is 1. The van der Waals surface area contributed by atoms with Gasteiger partial charge in [-0.1, -0.05) is 6.07 Å². The smallest absolute Gasteiger partial charge is 0.237 e. The van der Waals surface area contributed by atoms with E-state index in [1.807, 2.05) is 43.5 Å². The number of aromatic nitrogens is 2. The van der Waals surface area contributed by atoms with Crippen LogP contribution in [0, 0.1) is 5.82 Å². The van der Waals surface area contributed by atoms with Crippen LogP contribution in [0.25, 0.3) is 0 Å². The zero-order valence-corrected chi connectivity index (χ0v) is 16.8. The van der Waals surface area contributed by atoms with Crippen molar-refractivity contribution in [3.63, 3.8) is 0 Å². The topological polar surface area (TPSA) is 91.3 Å². The Labute approximate surface area is 176 Å². The zero-order valence-electron chi connectivity index (χ0n) is 15.9. The van der Waals surface area contributed by atoms with Crippen molar-refractivity contribution in [3.8, 4) is 0 Å². The number of fused-ring (bicyclic) bond motifs is 2. The first-order chi connectivity index (χ1) is 14.5. The lowest BCUT2D eigenvalue weighted by Crippen LogP contribution is -2.26. The van der Waals surface area contributed by atoms with Gasteiger partial charge in [0, 0.05) is 22.5 Å². The molecule has 0 bridgehead atoms. The Bertz CT molecular complexity index is 1200. The van der Waals surface area contributed by atoms with Crippen molar-refractivity contribution in [1.29, 1.82) is 0 Å². The molecule has 1 unspecified atom stereocenters. The standard InChI is InChI=1S/C21H17FN6OS/c1-11-20(29)27-17-7-15(4-5-18(17)30-11)25-19-16(22)10-24-21(28-19)26-14-3-2-12-8-23-9-13(12)6-14/h2-7,9-11H,8H2,1H3,(H,27,29)(H2,24,25,26,28). The van der Waals surface area contributed by atoms with Gasteiger partial charge in [0.1, 0.15) is 0 Å². The number of halogens is 1. The summed E-state index contributed by atoms with van der Waals surface area (Å²) in [6.07, 6.45) is 2.94. The van der Waals surface area contributed by atoms with E-state index in [1.54, 1.807) is 6.07 Å². The molecule has 0 saturated carbocycles. The minimum absolute atomic E-state index is 0.0401. The fourth-order valence-electron chi connectivity index (χ4n) is 3.25. The molecule has 0 fully saturated rings. The van der Waals surface area contributed by atoms with Crippen LogP contribution in [0.15, 0.2) is 52.5 Å². The normalized spacial score (nSPS) is 16.6. The minimum Gasteiger partial charge on any atom is -0.338 e. The Kier molecular flexibility index (Phi) is 4.59. The molecule has 1 atom stereocenters. The average Bonchev–Trinajstić information content (AvgIpc) is 3.19. The predicted octanol–water partition coefficient (Wildman–Crippen LogP) is 4.47. The summed E-state index contributed by atoms with van der Waals surface area (Å²) >= 11 is 1.49. The molecule has 3 aromatic rings. The van der Waals surface area contributed by atoms with E-state index in [0.717, 1.165) is 27.9 Å². The van der Waals surface area contributed by atoms with Crippen molar-refractivity contribution in [2.45, 2.75) is 23.6 Å². The summed E-state index contributed by atoms with van der Waals surface area (Å²) in [6.45, 7) is 2.54. The predicted molar refractivity (Wildman–Crippen MR) is 117 cm³/mol. The average molecular weight is 420 g/mol. The third-order valence-electron chi connectivity index (χ3n) is 4.81. The highest BCUT2D eigenvalue weighted by Gasteiger charge is 2.23. The van der Waals surface area contributed by atoms with Crippen LogP contribution in [0.2, 0.25) is 0 Å². The van der Waals surface area contributed by atoms with E-state index in [-0.39, 0.29) is 22.9 Å². The molecule has 0 spiro atoms. The van der Waals surface area contributed by atoms with Gasteiger partial charge in [0.05, 0.1) is 23.7 Å². The van der Waals surface area contributed by atoms with E-state index in [0.29, 0.717) is 17.9 Å². The van der Waals surface area contributed by atoms with Gasteiger partial charge in [-0.3, -0.25) is 9.79 Å². The van der Waals surface area contributed by atoms with Crippen LogP contribution in [-0.4, -0.2) is 27.3 Å². The van der Waals surface area contributed by atoms with Crippen molar-refractivity contribution in [2.24, 2.45) is 4.99 Å². The number of carbonyl (C=O) groups excluding carboxylic acids is 1. The number of nitrogens with zero attached hydrogens (tertiary/aromatic N) is 3. The highest BCUT2D eigenvalue weighted by atomic mass is 32.2.